The van der Waals surface area contributed by atoms with Gasteiger partial charge < -0.3 is 10.5 Å². The van der Waals surface area contributed by atoms with Crippen LogP contribution in [0.15, 0.2) is 0 Å². The third kappa shape index (κ3) is 4.42. The minimum Gasteiger partial charge on any atom is -0.374 e. The molecule has 0 aromatic rings. The van der Waals surface area contributed by atoms with E-state index in [1.165, 1.54) is 32.1 Å². The number of hydrogen-bond donors (Lipinski definition) is 1. The van der Waals surface area contributed by atoms with Gasteiger partial charge in [-0.3, -0.25) is 0 Å². The first-order chi connectivity index (χ1) is 7.67. The molecule has 1 aliphatic rings. The molecule has 96 valence electrons. The molecule has 1 aliphatic heterocycles. The molecule has 0 aliphatic carbocycles. The molecule has 0 aromatic heterocycles. The highest BCUT2D eigenvalue weighted by atomic mass is 16.5. The Hall–Kier alpha value is -0.0800. The zero-order chi connectivity index (χ0) is 12.0. The zero-order valence-corrected chi connectivity index (χ0v) is 11.2. The molecule has 0 bridgehead atoms. The van der Waals surface area contributed by atoms with Crippen molar-refractivity contribution in [2.45, 2.75) is 84.0 Å². The summed E-state index contributed by atoms with van der Waals surface area (Å²) in [5, 5.41) is 0. The van der Waals surface area contributed by atoms with Crippen molar-refractivity contribution in [2.24, 2.45) is 11.7 Å². The summed E-state index contributed by atoms with van der Waals surface area (Å²) < 4.78 is 5.85. The molecule has 1 fully saturated rings. The number of ether oxygens (including phenoxy) is 1. The van der Waals surface area contributed by atoms with Gasteiger partial charge in [0.25, 0.3) is 0 Å². The molecule has 1 heterocycles. The second-order valence-electron chi connectivity index (χ2n) is 5.38. The Bertz CT molecular complexity index is 184. The molecule has 1 rings (SSSR count). The lowest BCUT2D eigenvalue weighted by molar-refractivity contribution is 0.0348. The summed E-state index contributed by atoms with van der Waals surface area (Å²) >= 11 is 0. The van der Waals surface area contributed by atoms with E-state index in [0.29, 0.717) is 12.2 Å². The zero-order valence-electron chi connectivity index (χ0n) is 11.2. The lowest BCUT2D eigenvalue weighted by Crippen LogP contribution is -2.36. The lowest BCUT2D eigenvalue weighted by atomic mass is 9.90. The SMILES string of the molecule is CCCCC(CC)CC(N)C1CCC(C)O1. The van der Waals surface area contributed by atoms with Crippen LogP contribution in [-0.4, -0.2) is 18.2 Å². The van der Waals surface area contributed by atoms with Gasteiger partial charge in [0, 0.05) is 6.04 Å². The lowest BCUT2D eigenvalue weighted by Gasteiger charge is -2.24. The van der Waals surface area contributed by atoms with Gasteiger partial charge in [-0.15, -0.1) is 0 Å². The molecule has 4 atom stereocenters. The molecule has 0 aromatic carbocycles. The van der Waals surface area contributed by atoms with Crippen molar-refractivity contribution in [3.05, 3.63) is 0 Å². The predicted molar refractivity (Wildman–Crippen MR) is 69.5 cm³/mol. The molecule has 0 amide bonds. The minimum absolute atomic E-state index is 0.256. The molecule has 4 unspecified atom stereocenters. The highest BCUT2D eigenvalue weighted by Crippen LogP contribution is 2.26. The van der Waals surface area contributed by atoms with Crippen LogP contribution in [0.25, 0.3) is 0 Å². The van der Waals surface area contributed by atoms with E-state index in [1.54, 1.807) is 0 Å². The Morgan fingerprint density at radius 3 is 2.56 bits per heavy atom. The van der Waals surface area contributed by atoms with Crippen molar-refractivity contribution in [3.8, 4) is 0 Å². The van der Waals surface area contributed by atoms with Crippen LogP contribution < -0.4 is 5.73 Å². The largest absolute Gasteiger partial charge is 0.374 e. The quantitative estimate of drug-likeness (QED) is 0.722. The van der Waals surface area contributed by atoms with Gasteiger partial charge in [-0.25, -0.2) is 0 Å². The van der Waals surface area contributed by atoms with E-state index in [-0.39, 0.29) is 6.04 Å². The van der Waals surface area contributed by atoms with E-state index in [9.17, 15) is 0 Å². The number of unbranched alkanes of at least 4 members (excludes halogenated alkanes) is 1. The van der Waals surface area contributed by atoms with Gasteiger partial charge in [-0.2, -0.15) is 0 Å². The topological polar surface area (TPSA) is 35.2 Å². The van der Waals surface area contributed by atoms with Crippen molar-refractivity contribution in [2.75, 3.05) is 0 Å². The molecule has 2 nitrogen and oxygen atoms in total. The third-order valence-electron chi connectivity index (χ3n) is 3.89. The Balaban J connectivity index is 2.27. The highest BCUT2D eigenvalue weighted by molar-refractivity contribution is 4.82. The van der Waals surface area contributed by atoms with E-state index in [0.717, 1.165) is 18.8 Å². The van der Waals surface area contributed by atoms with Crippen LogP contribution in [-0.2, 0) is 4.74 Å². The van der Waals surface area contributed by atoms with Crippen LogP contribution in [0.2, 0.25) is 0 Å². The average Bonchev–Trinajstić information content (AvgIpc) is 2.70. The summed E-state index contributed by atoms with van der Waals surface area (Å²) in [4.78, 5) is 0. The van der Waals surface area contributed by atoms with Gasteiger partial charge in [-0.05, 0) is 32.1 Å². The van der Waals surface area contributed by atoms with Crippen LogP contribution in [0.3, 0.4) is 0 Å². The van der Waals surface area contributed by atoms with Crippen LogP contribution in [0.4, 0.5) is 0 Å². The van der Waals surface area contributed by atoms with Crippen molar-refractivity contribution < 1.29 is 4.74 Å². The number of hydrogen-bond acceptors (Lipinski definition) is 2. The second-order valence-corrected chi connectivity index (χ2v) is 5.38. The summed E-state index contributed by atoms with van der Waals surface area (Å²) in [6.07, 6.45) is 9.47. The van der Waals surface area contributed by atoms with Crippen LogP contribution in [0.1, 0.15) is 65.7 Å². The van der Waals surface area contributed by atoms with Crippen LogP contribution >= 0.6 is 0 Å². The average molecular weight is 227 g/mol. The molecule has 16 heavy (non-hydrogen) atoms. The van der Waals surface area contributed by atoms with Crippen molar-refractivity contribution >= 4 is 0 Å². The second kappa shape index (κ2) is 7.29. The summed E-state index contributed by atoms with van der Waals surface area (Å²) in [7, 11) is 0. The summed E-state index contributed by atoms with van der Waals surface area (Å²) in [6.45, 7) is 6.70. The van der Waals surface area contributed by atoms with Gasteiger partial charge in [0.1, 0.15) is 0 Å². The van der Waals surface area contributed by atoms with E-state index in [1.807, 2.05) is 0 Å². The molecule has 2 N–H and O–H groups in total. The van der Waals surface area contributed by atoms with E-state index in [4.69, 9.17) is 10.5 Å². The fraction of sp³-hybridized carbons (Fsp3) is 1.00. The van der Waals surface area contributed by atoms with Crippen LogP contribution in [0.5, 0.6) is 0 Å². The van der Waals surface area contributed by atoms with Gasteiger partial charge >= 0.3 is 0 Å². The molecule has 0 spiro atoms. The first kappa shape index (κ1) is 14.0. The van der Waals surface area contributed by atoms with Gasteiger partial charge in [-0.1, -0.05) is 39.5 Å². The molecular formula is C14H29NO. The normalized spacial score (nSPS) is 29.2. The first-order valence-corrected chi connectivity index (χ1v) is 7.08. The van der Waals surface area contributed by atoms with Crippen molar-refractivity contribution in [1.82, 2.24) is 0 Å². The Morgan fingerprint density at radius 1 is 1.31 bits per heavy atom. The van der Waals surface area contributed by atoms with Gasteiger partial charge in [0.2, 0.25) is 0 Å². The van der Waals surface area contributed by atoms with E-state index < -0.39 is 0 Å². The molecule has 1 saturated heterocycles. The van der Waals surface area contributed by atoms with Gasteiger partial charge in [0.05, 0.1) is 12.2 Å². The fourth-order valence-electron chi connectivity index (χ4n) is 2.67. The maximum absolute atomic E-state index is 6.26. The minimum atomic E-state index is 0.256. The monoisotopic (exact) mass is 227 g/mol. The predicted octanol–water partition coefficient (Wildman–Crippen LogP) is 3.49. The molecule has 2 heteroatoms. The third-order valence-corrected chi connectivity index (χ3v) is 3.89. The number of nitrogens with two attached hydrogens (primary N) is 1. The van der Waals surface area contributed by atoms with Crippen molar-refractivity contribution in [3.63, 3.8) is 0 Å². The van der Waals surface area contributed by atoms with E-state index >= 15 is 0 Å². The van der Waals surface area contributed by atoms with Crippen molar-refractivity contribution in [1.29, 1.82) is 0 Å². The maximum atomic E-state index is 6.26. The number of rotatable bonds is 7. The van der Waals surface area contributed by atoms with Crippen LogP contribution in [0, 0.1) is 5.92 Å². The summed E-state index contributed by atoms with van der Waals surface area (Å²) in [5.74, 6) is 0.800. The smallest absolute Gasteiger partial charge is 0.0730 e. The summed E-state index contributed by atoms with van der Waals surface area (Å²) in [6, 6.07) is 0.256. The van der Waals surface area contributed by atoms with Gasteiger partial charge in [0.15, 0.2) is 0 Å². The van der Waals surface area contributed by atoms with E-state index in [2.05, 4.69) is 20.8 Å². The molecule has 0 radical (unpaired) electrons. The Kier molecular flexibility index (Phi) is 6.37. The standard InChI is InChI=1S/C14H29NO/c1-4-6-7-12(5-2)10-13(15)14-9-8-11(3)16-14/h11-14H,4-10,15H2,1-3H3. The summed E-state index contributed by atoms with van der Waals surface area (Å²) in [5.41, 5.74) is 6.26. The Labute approximate surface area is 101 Å². The Morgan fingerprint density at radius 2 is 2.06 bits per heavy atom. The molecule has 0 saturated carbocycles. The maximum Gasteiger partial charge on any atom is 0.0730 e. The highest BCUT2D eigenvalue weighted by Gasteiger charge is 2.28. The first-order valence-electron chi connectivity index (χ1n) is 7.08. The molecular weight excluding hydrogens is 198 g/mol. The fourth-order valence-corrected chi connectivity index (χ4v) is 2.67.